The fraction of sp³-hybridized carbons (Fsp3) is 1.00. The van der Waals surface area contributed by atoms with Gasteiger partial charge in [-0.15, -0.1) is 0 Å². The first-order valence-corrected chi connectivity index (χ1v) is 8.25. The molecule has 0 bridgehead atoms. The molecule has 2 aliphatic rings. The summed E-state index contributed by atoms with van der Waals surface area (Å²) in [5, 5.41) is 0. The van der Waals surface area contributed by atoms with Crippen molar-refractivity contribution in [2.75, 3.05) is 19.6 Å². The van der Waals surface area contributed by atoms with Crippen molar-refractivity contribution in [1.82, 2.24) is 4.90 Å². The Hall–Kier alpha value is -0.120. The summed E-state index contributed by atoms with van der Waals surface area (Å²) in [5.74, 6) is 1.51. The van der Waals surface area contributed by atoms with Crippen LogP contribution in [0.25, 0.3) is 0 Å². The molecule has 3 unspecified atom stereocenters. The third kappa shape index (κ3) is 3.05. The number of rotatable bonds is 2. The maximum absolute atomic E-state index is 6.30. The van der Waals surface area contributed by atoms with Crippen molar-refractivity contribution in [3.63, 3.8) is 0 Å². The van der Waals surface area contributed by atoms with E-state index in [4.69, 9.17) is 10.5 Å². The van der Waals surface area contributed by atoms with Gasteiger partial charge in [0.2, 0.25) is 0 Å². The fourth-order valence-corrected chi connectivity index (χ4v) is 4.69. The molecule has 1 aliphatic carbocycles. The van der Waals surface area contributed by atoms with E-state index in [9.17, 15) is 0 Å². The van der Waals surface area contributed by atoms with Crippen molar-refractivity contribution in [1.29, 1.82) is 0 Å². The van der Waals surface area contributed by atoms with Crippen molar-refractivity contribution < 1.29 is 4.74 Å². The SMILES string of the molecule is CC1CCC(CN)(N2CC(C)(C)OC(C)(C)C2)C(C)C1. The van der Waals surface area contributed by atoms with Crippen molar-refractivity contribution in [2.45, 2.75) is 77.5 Å². The van der Waals surface area contributed by atoms with Crippen LogP contribution in [0.1, 0.15) is 60.8 Å². The largest absolute Gasteiger partial charge is 0.367 e. The Morgan fingerprint density at radius 3 is 2.10 bits per heavy atom. The van der Waals surface area contributed by atoms with Crippen LogP contribution >= 0.6 is 0 Å². The van der Waals surface area contributed by atoms with E-state index in [-0.39, 0.29) is 16.7 Å². The lowest BCUT2D eigenvalue weighted by molar-refractivity contribution is -0.208. The van der Waals surface area contributed by atoms with Crippen molar-refractivity contribution in [3.8, 4) is 0 Å². The number of ether oxygens (including phenoxy) is 1. The zero-order valence-electron chi connectivity index (χ0n) is 14.3. The summed E-state index contributed by atoms with van der Waals surface area (Å²) in [6.07, 6.45) is 3.84. The van der Waals surface area contributed by atoms with Gasteiger partial charge in [0.05, 0.1) is 11.2 Å². The van der Waals surface area contributed by atoms with Crippen LogP contribution in [0, 0.1) is 11.8 Å². The number of nitrogens with two attached hydrogens (primary N) is 1. The predicted molar refractivity (Wildman–Crippen MR) is 84.8 cm³/mol. The molecule has 0 aromatic heterocycles. The van der Waals surface area contributed by atoms with Gasteiger partial charge in [0.1, 0.15) is 0 Å². The van der Waals surface area contributed by atoms with Crippen LogP contribution < -0.4 is 5.73 Å². The summed E-state index contributed by atoms with van der Waals surface area (Å²) in [6, 6.07) is 0. The lowest BCUT2D eigenvalue weighted by Crippen LogP contribution is -2.68. The minimum Gasteiger partial charge on any atom is -0.367 e. The third-order valence-corrected chi connectivity index (χ3v) is 5.42. The van der Waals surface area contributed by atoms with E-state index in [1.807, 2.05) is 0 Å². The monoisotopic (exact) mass is 282 g/mol. The fourth-order valence-electron chi connectivity index (χ4n) is 4.69. The Labute approximate surface area is 125 Å². The molecule has 3 heteroatoms. The highest BCUT2D eigenvalue weighted by Gasteiger charge is 2.49. The summed E-state index contributed by atoms with van der Waals surface area (Å²) in [7, 11) is 0. The Balaban J connectivity index is 2.26. The molecule has 0 aromatic carbocycles. The number of nitrogens with zero attached hydrogens (tertiary/aromatic N) is 1. The molecular weight excluding hydrogens is 248 g/mol. The molecule has 3 nitrogen and oxygen atoms in total. The van der Waals surface area contributed by atoms with Gasteiger partial charge in [-0.05, 0) is 58.8 Å². The quantitative estimate of drug-likeness (QED) is 0.846. The van der Waals surface area contributed by atoms with E-state index < -0.39 is 0 Å². The molecule has 1 heterocycles. The van der Waals surface area contributed by atoms with Gasteiger partial charge in [-0.3, -0.25) is 4.90 Å². The van der Waals surface area contributed by atoms with E-state index in [2.05, 4.69) is 46.4 Å². The summed E-state index contributed by atoms with van der Waals surface area (Å²) in [4.78, 5) is 2.66. The standard InChI is InChI=1S/C17H34N2O/c1-13-7-8-17(10-18,14(2)9-13)19-11-15(3,4)20-16(5,6)12-19/h13-14H,7-12,18H2,1-6H3. The second-order valence-electron chi connectivity index (χ2n) is 8.57. The summed E-state index contributed by atoms with van der Waals surface area (Å²) in [6.45, 7) is 16.4. The first-order chi connectivity index (χ1) is 9.10. The molecule has 1 saturated heterocycles. The number of hydrogen-bond acceptors (Lipinski definition) is 3. The molecule has 0 radical (unpaired) electrons. The van der Waals surface area contributed by atoms with Crippen LogP contribution in [0.2, 0.25) is 0 Å². The molecule has 20 heavy (non-hydrogen) atoms. The molecular formula is C17H34N2O. The first kappa shape index (κ1) is 16.3. The van der Waals surface area contributed by atoms with Gasteiger partial charge in [0, 0.05) is 25.2 Å². The number of morpholine rings is 1. The Morgan fingerprint density at radius 1 is 1.10 bits per heavy atom. The highest BCUT2D eigenvalue weighted by atomic mass is 16.5. The molecule has 0 aromatic rings. The number of hydrogen-bond donors (Lipinski definition) is 1. The van der Waals surface area contributed by atoms with Crippen LogP contribution in [0.3, 0.4) is 0 Å². The zero-order chi connectivity index (χ0) is 15.2. The maximum atomic E-state index is 6.30. The van der Waals surface area contributed by atoms with Gasteiger partial charge < -0.3 is 10.5 Å². The van der Waals surface area contributed by atoms with Gasteiger partial charge in [-0.25, -0.2) is 0 Å². The van der Waals surface area contributed by atoms with Crippen LogP contribution in [0.15, 0.2) is 0 Å². The van der Waals surface area contributed by atoms with Gasteiger partial charge in [-0.1, -0.05) is 13.8 Å². The third-order valence-electron chi connectivity index (χ3n) is 5.42. The van der Waals surface area contributed by atoms with Gasteiger partial charge in [0.15, 0.2) is 0 Å². The lowest BCUT2D eigenvalue weighted by Gasteiger charge is -2.58. The highest BCUT2D eigenvalue weighted by Crippen LogP contribution is 2.43. The van der Waals surface area contributed by atoms with Gasteiger partial charge >= 0.3 is 0 Å². The van der Waals surface area contributed by atoms with E-state index >= 15 is 0 Å². The molecule has 2 rings (SSSR count). The van der Waals surface area contributed by atoms with Crippen molar-refractivity contribution >= 4 is 0 Å². The molecule has 118 valence electrons. The average Bonchev–Trinajstić information content (AvgIpc) is 2.25. The van der Waals surface area contributed by atoms with Crippen molar-refractivity contribution in [2.24, 2.45) is 17.6 Å². The first-order valence-electron chi connectivity index (χ1n) is 8.25. The summed E-state index contributed by atoms with van der Waals surface area (Å²) < 4.78 is 6.25. The second-order valence-corrected chi connectivity index (χ2v) is 8.57. The normalized spacial score (nSPS) is 41.5. The van der Waals surface area contributed by atoms with Gasteiger partial charge in [-0.2, -0.15) is 0 Å². The van der Waals surface area contributed by atoms with Gasteiger partial charge in [0.25, 0.3) is 0 Å². The van der Waals surface area contributed by atoms with E-state index in [1.54, 1.807) is 0 Å². The Morgan fingerprint density at radius 2 is 1.65 bits per heavy atom. The molecule has 1 saturated carbocycles. The van der Waals surface area contributed by atoms with Crippen LogP contribution in [-0.4, -0.2) is 41.3 Å². The van der Waals surface area contributed by atoms with Crippen LogP contribution in [0.5, 0.6) is 0 Å². The van der Waals surface area contributed by atoms with E-state index in [0.29, 0.717) is 5.92 Å². The average molecular weight is 282 g/mol. The topological polar surface area (TPSA) is 38.5 Å². The lowest BCUT2D eigenvalue weighted by atomic mass is 9.68. The highest BCUT2D eigenvalue weighted by molar-refractivity contribution is 5.04. The van der Waals surface area contributed by atoms with Crippen LogP contribution in [0.4, 0.5) is 0 Å². The molecule has 2 N–H and O–H groups in total. The Kier molecular flexibility index (Phi) is 4.27. The minimum absolute atomic E-state index is 0.0906. The molecule has 1 aliphatic heterocycles. The maximum Gasteiger partial charge on any atom is 0.0761 e. The smallest absolute Gasteiger partial charge is 0.0761 e. The molecule has 0 amide bonds. The van der Waals surface area contributed by atoms with Crippen molar-refractivity contribution in [3.05, 3.63) is 0 Å². The minimum atomic E-state index is -0.0906. The Bertz CT molecular complexity index is 337. The van der Waals surface area contributed by atoms with Crippen LogP contribution in [-0.2, 0) is 4.74 Å². The summed E-state index contributed by atoms with van der Waals surface area (Å²) >= 11 is 0. The zero-order valence-corrected chi connectivity index (χ0v) is 14.3. The van der Waals surface area contributed by atoms with E-state index in [1.165, 1.54) is 19.3 Å². The molecule has 3 atom stereocenters. The molecule has 2 fully saturated rings. The van der Waals surface area contributed by atoms with E-state index in [0.717, 1.165) is 25.6 Å². The molecule has 0 spiro atoms. The summed E-state index contributed by atoms with van der Waals surface area (Å²) in [5.41, 5.74) is 6.29. The second kappa shape index (κ2) is 5.26. The predicted octanol–water partition coefficient (Wildman–Crippen LogP) is 3.03.